The molecule has 0 amide bonds. The van der Waals surface area contributed by atoms with Crippen molar-refractivity contribution in [2.75, 3.05) is 20.2 Å². The number of carbonyl (C=O) groups is 1. The molecule has 0 spiro atoms. The lowest BCUT2D eigenvalue weighted by molar-refractivity contribution is -0.155. The van der Waals surface area contributed by atoms with E-state index in [1.54, 1.807) is 12.1 Å². The van der Waals surface area contributed by atoms with Gasteiger partial charge in [-0.3, -0.25) is 9.69 Å². The fourth-order valence-electron chi connectivity index (χ4n) is 1.50. The van der Waals surface area contributed by atoms with E-state index in [1.165, 1.54) is 13.2 Å². The largest absolute Gasteiger partial charge is 0.481 e. The number of halogens is 3. The maximum Gasteiger partial charge on any atom is 0.401 e. The van der Waals surface area contributed by atoms with E-state index in [9.17, 15) is 18.0 Å². The fourth-order valence-corrected chi connectivity index (χ4v) is 1.50. The van der Waals surface area contributed by atoms with Gasteiger partial charge in [0.2, 0.25) is 5.88 Å². The number of aromatic nitrogens is 1. The normalized spacial score (nSPS) is 11.6. The highest BCUT2D eigenvalue weighted by atomic mass is 19.4. The minimum absolute atomic E-state index is 0.219. The molecule has 19 heavy (non-hydrogen) atoms. The van der Waals surface area contributed by atoms with Crippen LogP contribution in [0.25, 0.3) is 0 Å². The van der Waals surface area contributed by atoms with E-state index < -0.39 is 25.2 Å². The van der Waals surface area contributed by atoms with Crippen molar-refractivity contribution in [3.8, 4) is 5.88 Å². The molecule has 0 saturated heterocycles. The Balaban J connectivity index is 2.77. The predicted molar refractivity (Wildman–Crippen MR) is 59.8 cm³/mol. The Bertz CT molecular complexity index is 437. The Kier molecular flexibility index (Phi) is 5.11. The van der Waals surface area contributed by atoms with Crippen LogP contribution in [0.5, 0.6) is 5.88 Å². The van der Waals surface area contributed by atoms with Crippen molar-refractivity contribution in [3.63, 3.8) is 0 Å². The summed E-state index contributed by atoms with van der Waals surface area (Å²) in [4.78, 5) is 15.3. The highest BCUT2D eigenvalue weighted by molar-refractivity contribution is 5.69. The SMILES string of the molecule is COc1cccc(CN(CC(=O)O)CC(F)(F)F)n1. The number of pyridine rings is 1. The van der Waals surface area contributed by atoms with E-state index in [1.807, 2.05) is 0 Å². The van der Waals surface area contributed by atoms with E-state index in [-0.39, 0.29) is 12.4 Å². The fraction of sp³-hybridized carbons (Fsp3) is 0.455. The highest BCUT2D eigenvalue weighted by Crippen LogP contribution is 2.18. The van der Waals surface area contributed by atoms with Crippen molar-refractivity contribution in [1.29, 1.82) is 0 Å². The molecule has 0 radical (unpaired) electrons. The summed E-state index contributed by atoms with van der Waals surface area (Å²) >= 11 is 0. The second kappa shape index (κ2) is 6.37. The number of ether oxygens (including phenoxy) is 1. The molecule has 0 saturated carbocycles. The van der Waals surface area contributed by atoms with E-state index in [2.05, 4.69) is 4.98 Å². The molecule has 0 aliphatic carbocycles. The summed E-state index contributed by atoms with van der Waals surface area (Å²) < 4.78 is 41.8. The third-order valence-corrected chi connectivity index (χ3v) is 2.14. The predicted octanol–water partition coefficient (Wildman–Crippen LogP) is 1.54. The molecule has 5 nitrogen and oxygen atoms in total. The summed E-state index contributed by atoms with van der Waals surface area (Å²) in [5.74, 6) is -1.06. The van der Waals surface area contributed by atoms with Crippen molar-refractivity contribution in [2.45, 2.75) is 12.7 Å². The number of carboxylic acid groups (broad SMARTS) is 1. The molecule has 0 aliphatic rings. The standard InChI is InChI=1S/C11H13F3N2O3/c1-19-9-4-2-3-8(15-9)5-16(6-10(17)18)7-11(12,13)14/h2-4H,5-7H2,1H3,(H,17,18). The van der Waals surface area contributed by atoms with Gasteiger partial charge in [-0.2, -0.15) is 13.2 Å². The van der Waals surface area contributed by atoms with Crippen molar-refractivity contribution in [3.05, 3.63) is 23.9 Å². The molecule has 0 fully saturated rings. The number of methoxy groups -OCH3 is 1. The van der Waals surface area contributed by atoms with Crippen molar-refractivity contribution >= 4 is 5.97 Å². The van der Waals surface area contributed by atoms with E-state index in [0.717, 1.165) is 4.90 Å². The molecule has 1 heterocycles. The first-order chi connectivity index (χ1) is 8.80. The number of alkyl halides is 3. The second-order valence-corrected chi connectivity index (χ2v) is 3.83. The summed E-state index contributed by atoms with van der Waals surface area (Å²) in [6.07, 6.45) is -4.46. The summed E-state index contributed by atoms with van der Waals surface area (Å²) in [5, 5.41) is 8.61. The maximum absolute atomic E-state index is 12.3. The molecule has 1 aromatic heterocycles. The molecule has 0 unspecified atom stereocenters. The first-order valence-corrected chi connectivity index (χ1v) is 5.31. The van der Waals surface area contributed by atoms with Crippen LogP contribution in [0.2, 0.25) is 0 Å². The van der Waals surface area contributed by atoms with Gasteiger partial charge in [-0.15, -0.1) is 0 Å². The number of carboxylic acids is 1. The zero-order chi connectivity index (χ0) is 14.5. The van der Waals surface area contributed by atoms with Crippen LogP contribution < -0.4 is 4.74 Å². The van der Waals surface area contributed by atoms with Crippen molar-refractivity contribution in [2.24, 2.45) is 0 Å². The van der Waals surface area contributed by atoms with Gasteiger partial charge in [-0.05, 0) is 6.07 Å². The van der Waals surface area contributed by atoms with Crippen LogP contribution in [0.4, 0.5) is 13.2 Å². The first-order valence-electron chi connectivity index (χ1n) is 5.31. The van der Waals surface area contributed by atoms with Crippen LogP contribution in [0.1, 0.15) is 5.69 Å². The van der Waals surface area contributed by atoms with E-state index >= 15 is 0 Å². The molecule has 1 rings (SSSR count). The smallest absolute Gasteiger partial charge is 0.401 e. The Morgan fingerprint density at radius 3 is 2.68 bits per heavy atom. The average molecular weight is 278 g/mol. The van der Waals surface area contributed by atoms with E-state index in [0.29, 0.717) is 5.69 Å². The van der Waals surface area contributed by atoms with Gasteiger partial charge in [-0.1, -0.05) is 6.07 Å². The van der Waals surface area contributed by atoms with E-state index in [4.69, 9.17) is 9.84 Å². The summed E-state index contributed by atoms with van der Waals surface area (Å²) in [5.41, 5.74) is 0.310. The Morgan fingerprint density at radius 2 is 2.16 bits per heavy atom. The molecule has 0 atom stereocenters. The molecular formula is C11H13F3N2O3. The molecule has 0 aromatic carbocycles. The number of rotatable bonds is 6. The average Bonchev–Trinajstić information content (AvgIpc) is 2.26. The third-order valence-electron chi connectivity index (χ3n) is 2.14. The lowest BCUT2D eigenvalue weighted by atomic mass is 10.3. The van der Waals surface area contributed by atoms with Gasteiger partial charge in [0.1, 0.15) is 0 Å². The molecule has 1 N–H and O–H groups in total. The van der Waals surface area contributed by atoms with Gasteiger partial charge in [0.25, 0.3) is 0 Å². The van der Waals surface area contributed by atoms with Crippen molar-refractivity contribution in [1.82, 2.24) is 9.88 Å². The number of hydrogen-bond donors (Lipinski definition) is 1. The third kappa shape index (κ3) is 6.05. The van der Waals surface area contributed by atoms with Crippen LogP contribution in [0.3, 0.4) is 0 Å². The monoisotopic (exact) mass is 278 g/mol. The van der Waals surface area contributed by atoms with Gasteiger partial charge in [0.05, 0.1) is 25.9 Å². The highest BCUT2D eigenvalue weighted by Gasteiger charge is 2.31. The maximum atomic E-state index is 12.3. The second-order valence-electron chi connectivity index (χ2n) is 3.83. The van der Waals surface area contributed by atoms with Gasteiger partial charge < -0.3 is 9.84 Å². The summed E-state index contributed by atoms with van der Waals surface area (Å²) in [6.45, 7) is -2.24. The van der Waals surface area contributed by atoms with Crippen LogP contribution >= 0.6 is 0 Å². The number of nitrogens with zero attached hydrogens (tertiary/aromatic N) is 2. The van der Waals surface area contributed by atoms with Crippen LogP contribution in [0, 0.1) is 0 Å². The Morgan fingerprint density at radius 1 is 1.47 bits per heavy atom. The molecule has 106 valence electrons. The topological polar surface area (TPSA) is 62.7 Å². The summed E-state index contributed by atoms with van der Waals surface area (Å²) in [6, 6.07) is 4.64. The molecule has 0 bridgehead atoms. The lowest BCUT2D eigenvalue weighted by Crippen LogP contribution is -2.37. The number of hydrogen-bond acceptors (Lipinski definition) is 4. The van der Waals surface area contributed by atoms with Gasteiger partial charge >= 0.3 is 12.1 Å². The minimum Gasteiger partial charge on any atom is -0.481 e. The Labute approximate surface area is 107 Å². The molecule has 8 heteroatoms. The summed E-state index contributed by atoms with van der Waals surface area (Å²) in [7, 11) is 1.39. The first kappa shape index (κ1) is 15.2. The van der Waals surface area contributed by atoms with Crippen LogP contribution in [-0.4, -0.2) is 47.3 Å². The van der Waals surface area contributed by atoms with Crippen LogP contribution in [0.15, 0.2) is 18.2 Å². The van der Waals surface area contributed by atoms with Gasteiger partial charge in [0, 0.05) is 12.6 Å². The van der Waals surface area contributed by atoms with Gasteiger partial charge in [-0.25, -0.2) is 4.98 Å². The van der Waals surface area contributed by atoms with Crippen molar-refractivity contribution < 1.29 is 27.8 Å². The molecule has 1 aromatic rings. The van der Waals surface area contributed by atoms with Gasteiger partial charge in [0.15, 0.2) is 0 Å². The minimum atomic E-state index is -4.46. The van der Waals surface area contributed by atoms with Crippen LogP contribution in [-0.2, 0) is 11.3 Å². The zero-order valence-corrected chi connectivity index (χ0v) is 10.1. The molecule has 0 aliphatic heterocycles. The quantitative estimate of drug-likeness (QED) is 0.855. The zero-order valence-electron chi connectivity index (χ0n) is 10.1. The Hall–Kier alpha value is -1.83. The number of aliphatic carboxylic acids is 1. The lowest BCUT2D eigenvalue weighted by Gasteiger charge is -2.21. The molecular weight excluding hydrogens is 265 g/mol.